The van der Waals surface area contributed by atoms with E-state index in [4.69, 9.17) is 0 Å². The zero-order chi connectivity index (χ0) is 18.1. The summed E-state index contributed by atoms with van der Waals surface area (Å²) in [6.07, 6.45) is 0.348. The number of aliphatic imine (C=N–C) groups is 1. The quantitative estimate of drug-likeness (QED) is 0.327. The van der Waals surface area contributed by atoms with Crippen LogP contribution in [-0.2, 0) is 19.6 Å². The van der Waals surface area contributed by atoms with E-state index in [0.717, 1.165) is 23.3 Å². The van der Waals surface area contributed by atoms with Gasteiger partial charge in [-0.1, -0.05) is 24.3 Å². The molecule has 2 aromatic rings. The van der Waals surface area contributed by atoms with Crippen molar-refractivity contribution in [3.8, 4) is 0 Å². The normalized spacial score (nSPS) is 11.0. The zero-order valence-corrected chi connectivity index (χ0v) is 17.0. The third-order valence-corrected chi connectivity index (χ3v) is 3.74. The molecule has 0 saturated carbocycles. The lowest BCUT2D eigenvalue weighted by Gasteiger charge is -2.12. The number of rotatable bonds is 7. The van der Waals surface area contributed by atoms with Crippen LogP contribution in [0.15, 0.2) is 47.5 Å². The van der Waals surface area contributed by atoms with E-state index in [1.165, 1.54) is 6.07 Å². The van der Waals surface area contributed by atoms with Crippen LogP contribution in [0.25, 0.3) is 0 Å². The van der Waals surface area contributed by atoms with Crippen molar-refractivity contribution < 1.29 is 13.9 Å². The van der Waals surface area contributed by atoms with Gasteiger partial charge in [0.05, 0.1) is 13.2 Å². The van der Waals surface area contributed by atoms with E-state index in [1.807, 2.05) is 31.2 Å². The van der Waals surface area contributed by atoms with E-state index < -0.39 is 11.6 Å². The Bertz CT molecular complexity index is 726. The molecule has 142 valence electrons. The van der Waals surface area contributed by atoms with E-state index in [-0.39, 0.29) is 30.6 Å². The Morgan fingerprint density at radius 3 is 2.46 bits per heavy atom. The van der Waals surface area contributed by atoms with Crippen LogP contribution in [0, 0.1) is 11.6 Å². The minimum Gasteiger partial charge on any atom is -0.392 e. The average Bonchev–Trinajstić information content (AvgIpc) is 2.62. The molecule has 2 rings (SSSR count). The van der Waals surface area contributed by atoms with Gasteiger partial charge in [0.25, 0.3) is 0 Å². The minimum absolute atomic E-state index is 0. The van der Waals surface area contributed by atoms with Crippen molar-refractivity contribution in [3.05, 3.63) is 70.8 Å². The van der Waals surface area contributed by atoms with Gasteiger partial charge in [-0.3, -0.25) is 0 Å². The van der Waals surface area contributed by atoms with Gasteiger partial charge in [0, 0.05) is 13.1 Å². The first-order valence-electron chi connectivity index (χ1n) is 8.27. The number of nitrogens with one attached hydrogen (secondary N) is 2. The van der Waals surface area contributed by atoms with Crippen molar-refractivity contribution in [3.63, 3.8) is 0 Å². The van der Waals surface area contributed by atoms with Gasteiger partial charge in [0.2, 0.25) is 0 Å². The van der Waals surface area contributed by atoms with Crippen LogP contribution in [0.3, 0.4) is 0 Å². The molecule has 3 N–H and O–H groups in total. The van der Waals surface area contributed by atoms with Crippen LogP contribution in [0.2, 0.25) is 0 Å². The molecule has 0 radical (unpaired) electrons. The Morgan fingerprint density at radius 1 is 1.04 bits per heavy atom. The van der Waals surface area contributed by atoms with E-state index in [0.29, 0.717) is 37.6 Å². The standard InChI is InChI=1S/C19H23F2N3O.HI/c1-2-22-19(24-12-15-5-3-4-6-16(15)13-25)23-10-9-14-11-17(20)7-8-18(14)21;/h3-8,11,25H,2,9-10,12-13H2,1H3,(H2,22,23,24);1H. The monoisotopic (exact) mass is 475 g/mol. The van der Waals surface area contributed by atoms with Crippen LogP contribution in [0.1, 0.15) is 23.6 Å². The van der Waals surface area contributed by atoms with E-state index in [2.05, 4.69) is 15.6 Å². The van der Waals surface area contributed by atoms with Gasteiger partial charge in [0.15, 0.2) is 5.96 Å². The SMILES string of the molecule is CCNC(=NCc1ccccc1CO)NCCc1cc(F)ccc1F.I. The Balaban J connectivity index is 0.00000338. The number of guanidine groups is 1. The lowest BCUT2D eigenvalue weighted by Crippen LogP contribution is -2.38. The van der Waals surface area contributed by atoms with Crippen molar-refractivity contribution >= 4 is 29.9 Å². The first-order valence-corrected chi connectivity index (χ1v) is 8.27. The van der Waals surface area contributed by atoms with Gasteiger partial charge in [-0.25, -0.2) is 13.8 Å². The van der Waals surface area contributed by atoms with E-state index in [1.54, 1.807) is 0 Å². The van der Waals surface area contributed by atoms with E-state index >= 15 is 0 Å². The fourth-order valence-corrected chi connectivity index (χ4v) is 2.42. The first-order chi connectivity index (χ1) is 12.1. The third-order valence-electron chi connectivity index (χ3n) is 3.74. The number of aliphatic hydroxyl groups is 1. The van der Waals surface area contributed by atoms with Crippen molar-refractivity contribution in [1.82, 2.24) is 10.6 Å². The average molecular weight is 475 g/mol. The highest BCUT2D eigenvalue weighted by molar-refractivity contribution is 14.0. The third kappa shape index (κ3) is 6.87. The number of hydrogen-bond acceptors (Lipinski definition) is 2. The fourth-order valence-electron chi connectivity index (χ4n) is 2.42. The van der Waals surface area contributed by atoms with E-state index in [9.17, 15) is 13.9 Å². The molecule has 0 aliphatic rings. The number of aliphatic hydroxyl groups excluding tert-OH is 1. The summed E-state index contributed by atoms with van der Waals surface area (Å²) in [7, 11) is 0. The summed E-state index contributed by atoms with van der Waals surface area (Å²) in [5.41, 5.74) is 2.11. The van der Waals surface area contributed by atoms with Gasteiger partial charge in [-0.2, -0.15) is 0 Å². The van der Waals surface area contributed by atoms with Crippen LogP contribution in [0.4, 0.5) is 8.78 Å². The highest BCUT2D eigenvalue weighted by atomic mass is 127. The highest BCUT2D eigenvalue weighted by Gasteiger charge is 2.05. The van der Waals surface area contributed by atoms with Gasteiger partial charge < -0.3 is 15.7 Å². The maximum absolute atomic E-state index is 13.6. The molecular formula is C19H24F2IN3O. The van der Waals surface area contributed by atoms with Gasteiger partial charge in [-0.05, 0) is 48.2 Å². The predicted octanol–water partition coefficient (Wildman–Crippen LogP) is 3.37. The number of halogens is 3. The molecule has 0 fully saturated rings. The molecule has 0 saturated heterocycles. The smallest absolute Gasteiger partial charge is 0.191 e. The van der Waals surface area contributed by atoms with Gasteiger partial charge >= 0.3 is 0 Å². The number of nitrogens with zero attached hydrogens (tertiary/aromatic N) is 1. The molecule has 4 nitrogen and oxygen atoms in total. The molecule has 0 heterocycles. The number of hydrogen-bond donors (Lipinski definition) is 3. The Kier molecular flexibility index (Phi) is 10.1. The molecule has 2 aromatic carbocycles. The second kappa shape index (κ2) is 11.8. The molecule has 0 spiro atoms. The van der Waals surface area contributed by atoms with Crippen molar-refractivity contribution in [2.45, 2.75) is 26.5 Å². The van der Waals surface area contributed by atoms with Crippen LogP contribution in [0.5, 0.6) is 0 Å². The molecular weight excluding hydrogens is 451 g/mol. The topological polar surface area (TPSA) is 56.7 Å². The first kappa shape index (κ1) is 22.3. The summed E-state index contributed by atoms with van der Waals surface area (Å²) in [4.78, 5) is 4.48. The minimum atomic E-state index is -0.447. The lowest BCUT2D eigenvalue weighted by molar-refractivity contribution is 0.280. The fraction of sp³-hybridized carbons (Fsp3) is 0.316. The molecule has 26 heavy (non-hydrogen) atoms. The molecule has 0 aliphatic heterocycles. The highest BCUT2D eigenvalue weighted by Crippen LogP contribution is 2.11. The lowest BCUT2D eigenvalue weighted by atomic mass is 10.1. The van der Waals surface area contributed by atoms with Crippen molar-refractivity contribution in [2.75, 3.05) is 13.1 Å². The zero-order valence-electron chi connectivity index (χ0n) is 14.6. The summed E-state index contributed by atoms with van der Waals surface area (Å²) in [5, 5.41) is 15.6. The molecule has 0 bridgehead atoms. The molecule has 0 unspecified atom stereocenters. The van der Waals surface area contributed by atoms with Crippen molar-refractivity contribution in [1.29, 1.82) is 0 Å². The molecule has 0 aromatic heterocycles. The summed E-state index contributed by atoms with van der Waals surface area (Å²) < 4.78 is 26.8. The Hall–Kier alpha value is -1.74. The second-order valence-electron chi connectivity index (χ2n) is 5.53. The maximum Gasteiger partial charge on any atom is 0.191 e. The number of benzene rings is 2. The predicted molar refractivity (Wildman–Crippen MR) is 111 cm³/mol. The molecule has 0 aliphatic carbocycles. The Labute approximate surface area is 169 Å². The van der Waals surface area contributed by atoms with Crippen LogP contribution in [-0.4, -0.2) is 24.2 Å². The summed E-state index contributed by atoms with van der Waals surface area (Å²) in [6.45, 7) is 3.44. The summed E-state index contributed by atoms with van der Waals surface area (Å²) >= 11 is 0. The van der Waals surface area contributed by atoms with Crippen LogP contribution < -0.4 is 10.6 Å². The molecule has 0 amide bonds. The second-order valence-corrected chi connectivity index (χ2v) is 5.53. The summed E-state index contributed by atoms with van der Waals surface area (Å²) in [5.74, 6) is -0.272. The maximum atomic E-state index is 13.6. The largest absolute Gasteiger partial charge is 0.392 e. The molecule has 0 atom stereocenters. The van der Waals surface area contributed by atoms with Gasteiger partial charge in [0.1, 0.15) is 11.6 Å². The van der Waals surface area contributed by atoms with Crippen LogP contribution >= 0.6 is 24.0 Å². The summed E-state index contributed by atoms with van der Waals surface area (Å²) in [6, 6.07) is 11.0. The Morgan fingerprint density at radius 2 is 1.77 bits per heavy atom. The van der Waals surface area contributed by atoms with Gasteiger partial charge in [-0.15, -0.1) is 24.0 Å². The van der Waals surface area contributed by atoms with Crippen molar-refractivity contribution in [2.24, 2.45) is 4.99 Å². The molecule has 7 heteroatoms.